The molecule has 0 amide bonds. The van der Waals surface area contributed by atoms with Crippen molar-refractivity contribution >= 4 is 5.97 Å². The van der Waals surface area contributed by atoms with E-state index in [0.717, 1.165) is 5.69 Å². The van der Waals surface area contributed by atoms with Crippen molar-refractivity contribution in [2.24, 2.45) is 0 Å². The molecule has 0 fully saturated rings. The molecule has 0 bridgehead atoms. The molecule has 0 N–H and O–H groups in total. The summed E-state index contributed by atoms with van der Waals surface area (Å²) >= 11 is 0. The maximum absolute atomic E-state index is 11.9. The van der Waals surface area contributed by atoms with Crippen LogP contribution in [0.4, 0.5) is 0 Å². The number of para-hydroxylation sites is 1. The summed E-state index contributed by atoms with van der Waals surface area (Å²) in [7, 11) is 1.34. The molecular weight excluding hydrogens is 256 g/mol. The van der Waals surface area contributed by atoms with E-state index >= 15 is 0 Å². The number of nitrogens with zero attached hydrogens (tertiary/aromatic N) is 2. The van der Waals surface area contributed by atoms with Crippen molar-refractivity contribution < 1.29 is 13.9 Å². The smallest absolute Gasteiger partial charge is 0.356 e. The third-order valence-corrected chi connectivity index (χ3v) is 2.88. The number of hydrogen-bond acceptors (Lipinski definition) is 4. The molecule has 0 radical (unpaired) electrons. The topological polar surface area (TPSA) is 57.3 Å². The largest absolute Gasteiger partial charge is 0.464 e. The second-order valence-corrected chi connectivity index (χ2v) is 4.13. The molecule has 0 saturated heterocycles. The van der Waals surface area contributed by atoms with Gasteiger partial charge in [-0.2, -0.15) is 5.10 Å². The maximum Gasteiger partial charge on any atom is 0.356 e. The van der Waals surface area contributed by atoms with Gasteiger partial charge in [0.05, 0.1) is 19.1 Å². The number of carbonyl (C=O) groups is 1. The van der Waals surface area contributed by atoms with E-state index in [4.69, 9.17) is 9.15 Å². The fraction of sp³-hybridized carbons (Fsp3) is 0.0667. The van der Waals surface area contributed by atoms with Gasteiger partial charge in [0.15, 0.2) is 11.5 Å². The molecule has 0 aliphatic heterocycles. The first kappa shape index (κ1) is 12.2. The van der Waals surface area contributed by atoms with E-state index in [1.54, 1.807) is 29.1 Å². The zero-order valence-corrected chi connectivity index (χ0v) is 10.8. The van der Waals surface area contributed by atoms with Gasteiger partial charge in [-0.05, 0) is 24.3 Å². The second-order valence-electron chi connectivity index (χ2n) is 4.13. The van der Waals surface area contributed by atoms with E-state index in [0.29, 0.717) is 17.1 Å². The van der Waals surface area contributed by atoms with Gasteiger partial charge in [0, 0.05) is 6.07 Å². The zero-order chi connectivity index (χ0) is 13.9. The van der Waals surface area contributed by atoms with Gasteiger partial charge in [0.2, 0.25) is 0 Å². The van der Waals surface area contributed by atoms with Crippen LogP contribution in [0.15, 0.2) is 59.2 Å². The molecule has 5 heteroatoms. The van der Waals surface area contributed by atoms with E-state index in [9.17, 15) is 4.79 Å². The van der Waals surface area contributed by atoms with E-state index in [2.05, 4.69) is 5.10 Å². The molecule has 5 nitrogen and oxygen atoms in total. The predicted octanol–water partition coefficient (Wildman–Crippen LogP) is 2.92. The summed E-state index contributed by atoms with van der Waals surface area (Å²) in [6.07, 6.45) is 1.56. The lowest BCUT2D eigenvalue weighted by Crippen LogP contribution is -2.09. The number of furan rings is 1. The minimum atomic E-state index is -0.445. The Morgan fingerprint density at radius 2 is 2.00 bits per heavy atom. The molecular formula is C15H12N2O3. The number of ether oxygens (including phenoxy) is 1. The number of esters is 1. The average Bonchev–Trinajstić information content (AvgIpc) is 3.16. The van der Waals surface area contributed by atoms with Crippen LogP contribution in [-0.2, 0) is 4.74 Å². The summed E-state index contributed by atoms with van der Waals surface area (Å²) in [5, 5.41) is 4.41. The Hall–Kier alpha value is -2.82. The van der Waals surface area contributed by atoms with Crippen LogP contribution in [0.25, 0.3) is 17.1 Å². The Morgan fingerprint density at radius 1 is 1.20 bits per heavy atom. The molecule has 0 atom stereocenters. The van der Waals surface area contributed by atoms with Crippen molar-refractivity contribution in [3.63, 3.8) is 0 Å². The summed E-state index contributed by atoms with van der Waals surface area (Å²) in [5.41, 5.74) is 1.72. The molecule has 0 spiro atoms. The minimum Gasteiger partial charge on any atom is -0.464 e. The monoisotopic (exact) mass is 268 g/mol. The van der Waals surface area contributed by atoms with Crippen LogP contribution in [0.2, 0.25) is 0 Å². The number of rotatable bonds is 3. The normalized spacial score (nSPS) is 10.4. The first-order valence-electron chi connectivity index (χ1n) is 6.07. The summed E-state index contributed by atoms with van der Waals surface area (Å²) < 4.78 is 11.7. The van der Waals surface area contributed by atoms with Crippen molar-refractivity contribution in [2.75, 3.05) is 7.11 Å². The molecule has 1 aromatic carbocycles. The predicted molar refractivity (Wildman–Crippen MR) is 72.6 cm³/mol. The Balaban J connectivity index is 2.15. The fourth-order valence-corrected chi connectivity index (χ4v) is 1.94. The van der Waals surface area contributed by atoms with Crippen LogP contribution in [0.5, 0.6) is 0 Å². The summed E-state index contributed by atoms with van der Waals surface area (Å²) in [4.78, 5) is 11.9. The SMILES string of the molecule is COC(=O)c1cc(-c2ccco2)nn1-c1ccccc1. The molecule has 2 aromatic heterocycles. The summed E-state index contributed by atoms with van der Waals surface area (Å²) in [6, 6.07) is 14.6. The van der Waals surface area contributed by atoms with Crippen molar-refractivity contribution in [3.8, 4) is 17.1 Å². The lowest BCUT2D eigenvalue weighted by molar-refractivity contribution is 0.0590. The Kier molecular flexibility index (Phi) is 3.09. The van der Waals surface area contributed by atoms with E-state index in [1.165, 1.54) is 7.11 Å². The Bertz CT molecular complexity index is 715. The first-order valence-corrected chi connectivity index (χ1v) is 6.07. The van der Waals surface area contributed by atoms with Crippen LogP contribution < -0.4 is 0 Å². The van der Waals surface area contributed by atoms with Crippen molar-refractivity contribution in [3.05, 3.63) is 60.5 Å². The van der Waals surface area contributed by atoms with E-state index < -0.39 is 5.97 Å². The molecule has 20 heavy (non-hydrogen) atoms. The number of aromatic nitrogens is 2. The molecule has 0 unspecified atom stereocenters. The maximum atomic E-state index is 11.9. The van der Waals surface area contributed by atoms with E-state index in [-0.39, 0.29) is 0 Å². The molecule has 3 rings (SSSR count). The highest BCUT2D eigenvalue weighted by Gasteiger charge is 2.18. The molecule has 0 saturated carbocycles. The third kappa shape index (κ3) is 2.09. The van der Waals surface area contributed by atoms with Gasteiger partial charge in [-0.1, -0.05) is 18.2 Å². The van der Waals surface area contributed by atoms with Gasteiger partial charge in [-0.25, -0.2) is 9.48 Å². The number of benzene rings is 1. The minimum absolute atomic E-state index is 0.352. The zero-order valence-electron chi connectivity index (χ0n) is 10.8. The Morgan fingerprint density at radius 3 is 2.65 bits per heavy atom. The van der Waals surface area contributed by atoms with Gasteiger partial charge in [-0.3, -0.25) is 0 Å². The van der Waals surface area contributed by atoms with Crippen molar-refractivity contribution in [1.29, 1.82) is 0 Å². The van der Waals surface area contributed by atoms with Crippen LogP contribution in [0, 0.1) is 0 Å². The molecule has 2 heterocycles. The van der Waals surface area contributed by atoms with Crippen molar-refractivity contribution in [2.45, 2.75) is 0 Å². The fourth-order valence-electron chi connectivity index (χ4n) is 1.94. The molecule has 0 aliphatic carbocycles. The van der Waals surface area contributed by atoms with Gasteiger partial charge >= 0.3 is 5.97 Å². The number of carbonyl (C=O) groups excluding carboxylic acids is 1. The van der Waals surface area contributed by atoms with Gasteiger partial charge in [-0.15, -0.1) is 0 Å². The quantitative estimate of drug-likeness (QED) is 0.685. The lowest BCUT2D eigenvalue weighted by Gasteiger charge is -2.04. The molecule has 3 aromatic rings. The standard InChI is InChI=1S/C15H12N2O3/c1-19-15(18)13-10-12(14-8-5-9-20-14)16-17(13)11-6-3-2-4-7-11/h2-10H,1H3. The Labute approximate surface area is 115 Å². The van der Waals surface area contributed by atoms with Crippen LogP contribution in [0.1, 0.15) is 10.5 Å². The van der Waals surface area contributed by atoms with Gasteiger partial charge in [0.1, 0.15) is 5.69 Å². The second kappa shape index (κ2) is 5.05. The lowest BCUT2D eigenvalue weighted by atomic mass is 10.3. The van der Waals surface area contributed by atoms with Crippen molar-refractivity contribution in [1.82, 2.24) is 9.78 Å². The van der Waals surface area contributed by atoms with Gasteiger partial charge < -0.3 is 9.15 Å². The van der Waals surface area contributed by atoms with Crippen LogP contribution in [-0.4, -0.2) is 22.9 Å². The molecule has 100 valence electrons. The van der Waals surface area contributed by atoms with Crippen LogP contribution >= 0.6 is 0 Å². The number of methoxy groups -OCH3 is 1. The highest BCUT2D eigenvalue weighted by Crippen LogP contribution is 2.22. The average molecular weight is 268 g/mol. The highest BCUT2D eigenvalue weighted by atomic mass is 16.5. The molecule has 0 aliphatic rings. The summed E-state index contributed by atoms with van der Waals surface area (Å²) in [5.74, 6) is 0.156. The highest BCUT2D eigenvalue weighted by molar-refractivity contribution is 5.89. The van der Waals surface area contributed by atoms with Crippen LogP contribution in [0.3, 0.4) is 0 Å². The first-order chi connectivity index (χ1) is 9.79. The van der Waals surface area contributed by atoms with Gasteiger partial charge in [0.25, 0.3) is 0 Å². The summed E-state index contributed by atoms with van der Waals surface area (Å²) in [6.45, 7) is 0. The third-order valence-electron chi connectivity index (χ3n) is 2.88. The number of hydrogen-bond donors (Lipinski definition) is 0. The van der Waals surface area contributed by atoms with E-state index in [1.807, 2.05) is 30.3 Å².